The Morgan fingerprint density at radius 2 is 2.22 bits per heavy atom. The lowest BCUT2D eigenvalue weighted by molar-refractivity contribution is -0.141. The van der Waals surface area contributed by atoms with Crippen LogP contribution in [0.5, 0.6) is 0 Å². The Hall–Kier alpha value is -1.86. The summed E-state index contributed by atoms with van der Waals surface area (Å²) in [7, 11) is 3.60. The summed E-state index contributed by atoms with van der Waals surface area (Å²) in [6.07, 6.45) is 6.76. The molecule has 0 radical (unpaired) electrons. The predicted octanol–water partition coefficient (Wildman–Crippen LogP) is 1.82. The third-order valence-electron chi connectivity index (χ3n) is 4.43. The molecule has 3 rings (SSSR count). The second-order valence-electron chi connectivity index (χ2n) is 6.04. The molecule has 1 aliphatic heterocycles. The van der Waals surface area contributed by atoms with Crippen LogP contribution in [0.2, 0.25) is 0 Å². The second-order valence-corrected chi connectivity index (χ2v) is 6.98. The molecule has 0 aliphatic carbocycles. The standard InChI is InChI=1S/C16H21N5OS/c1-12-13(23-11-19-12)10-21-8-4-5-16(21,15(22)20(2)3)14-9-17-6-7-18-14/h6-7,9,11H,4-5,8,10H2,1-3H3. The van der Waals surface area contributed by atoms with Gasteiger partial charge < -0.3 is 4.90 Å². The van der Waals surface area contributed by atoms with Crippen LogP contribution >= 0.6 is 11.3 Å². The number of carbonyl (C=O) groups is 1. The van der Waals surface area contributed by atoms with Crippen LogP contribution in [0, 0.1) is 6.92 Å². The first-order valence-electron chi connectivity index (χ1n) is 7.68. The summed E-state index contributed by atoms with van der Waals surface area (Å²) in [4.78, 5) is 31.2. The van der Waals surface area contributed by atoms with E-state index in [0.29, 0.717) is 6.54 Å². The Morgan fingerprint density at radius 3 is 2.83 bits per heavy atom. The summed E-state index contributed by atoms with van der Waals surface area (Å²) < 4.78 is 0. The number of hydrogen-bond donors (Lipinski definition) is 0. The van der Waals surface area contributed by atoms with Gasteiger partial charge in [0.15, 0.2) is 0 Å². The van der Waals surface area contributed by atoms with E-state index in [4.69, 9.17) is 0 Å². The lowest BCUT2D eigenvalue weighted by atomic mass is 9.90. The molecule has 2 aromatic heterocycles. The molecule has 2 aromatic rings. The van der Waals surface area contributed by atoms with Crippen LogP contribution in [0.15, 0.2) is 24.1 Å². The minimum Gasteiger partial charge on any atom is -0.347 e. The zero-order valence-corrected chi connectivity index (χ0v) is 14.5. The number of aromatic nitrogens is 3. The fourth-order valence-corrected chi connectivity index (χ4v) is 4.06. The van der Waals surface area contributed by atoms with Crippen LogP contribution in [-0.4, -0.2) is 51.3 Å². The molecule has 3 heterocycles. The van der Waals surface area contributed by atoms with Crippen LogP contribution in [-0.2, 0) is 16.9 Å². The molecule has 1 atom stereocenters. The largest absolute Gasteiger partial charge is 0.347 e. The number of rotatable bonds is 4. The topological polar surface area (TPSA) is 62.2 Å². The molecule has 122 valence electrons. The first kappa shape index (κ1) is 16.0. The maximum absolute atomic E-state index is 13.1. The summed E-state index contributed by atoms with van der Waals surface area (Å²) in [6.45, 7) is 3.60. The van der Waals surface area contributed by atoms with Gasteiger partial charge in [0.05, 0.1) is 23.1 Å². The molecular weight excluding hydrogens is 310 g/mol. The Labute approximate surface area is 140 Å². The lowest BCUT2D eigenvalue weighted by Crippen LogP contribution is -2.52. The molecule has 0 bridgehead atoms. The van der Waals surface area contributed by atoms with Crippen molar-refractivity contribution in [1.29, 1.82) is 0 Å². The van der Waals surface area contributed by atoms with Crippen molar-refractivity contribution < 1.29 is 4.79 Å². The molecule has 1 amide bonds. The molecule has 1 fully saturated rings. The second kappa shape index (κ2) is 6.33. The molecule has 0 spiro atoms. The minimum atomic E-state index is -0.728. The third kappa shape index (κ3) is 2.74. The Bertz CT molecular complexity index is 687. The molecule has 1 saturated heterocycles. The Morgan fingerprint density at radius 1 is 1.39 bits per heavy atom. The first-order valence-corrected chi connectivity index (χ1v) is 8.56. The van der Waals surface area contributed by atoms with Crippen molar-refractivity contribution in [2.45, 2.75) is 31.8 Å². The molecular formula is C16H21N5OS. The average molecular weight is 331 g/mol. The highest BCUT2D eigenvalue weighted by atomic mass is 32.1. The molecule has 0 N–H and O–H groups in total. The van der Waals surface area contributed by atoms with Gasteiger partial charge in [-0.2, -0.15) is 0 Å². The lowest BCUT2D eigenvalue weighted by Gasteiger charge is -2.38. The zero-order valence-electron chi connectivity index (χ0n) is 13.7. The predicted molar refractivity (Wildman–Crippen MR) is 88.9 cm³/mol. The fourth-order valence-electron chi connectivity index (χ4n) is 3.26. The molecule has 0 aromatic carbocycles. The molecule has 7 heteroatoms. The quantitative estimate of drug-likeness (QED) is 0.855. The van der Waals surface area contributed by atoms with Gasteiger partial charge in [-0.25, -0.2) is 4.98 Å². The number of likely N-dealkylation sites (tertiary alicyclic amines) is 1. The molecule has 23 heavy (non-hydrogen) atoms. The zero-order chi connectivity index (χ0) is 16.4. The van der Waals surface area contributed by atoms with E-state index in [2.05, 4.69) is 19.9 Å². The highest BCUT2D eigenvalue weighted by Gasteiger charge is 2.51. The Kier molecular flexibility index (Phi) is 4.41. The van der Waals surface area contributed by atoms with Crippen LogP contribution in [0.3, 0.4) is 0 Å². The summed E-state index contributed by atoms with van der Waals surface area (Å²) in [5, 5.41) is 0. The number of thiazole rings is 1. The number of aryl methyl sites for hydroxylation is 1. The van der Waals surface area contributed by atoms with Crippen molar-refractivity contribution in [2.75, 3.05) is 20.6 Å². The van der Waals surface area contributed by atoms with Gasteiger partial charge in [-0.1, -0.05) is 0 Å². The van der Waals surface area contributed by atoms with E-state index in [1.54, 1.807) is 48.9 Å². The summed E-state index contributed by atoms with van der Waals surface area (Å²) >= 11 is 1.64. The van der Waals surface area contributed by atoms with Gasteiger partial charge in [0, 0.05) is 44.5 Å². The van der Waals surface area contributed by atoms with Gasteiger partial charge in [0.1, 0.15) is 5.54 Å². The van der Waals surface area contributed by atoms with Gasteiger partial charge >= 0.3 is 0 Å². The van der Waals surface area contributed by atoms with E-state index < -0.39 is 5.54 Å². The van der Waals surface area contributed by atoms with Crippen molar-refractivity contribution in [3.63, 3.8) is 0 Å². The van der Waals surface area contributed by atoms with E-state index in [1.165, 1.54) is 4.88 Å². The number of carbonyl (C=O) groups excluding carboxylic acids is 1. The minimum absolute atomic E-state index is 0.0673. The van der Waals surface area contributed by atoms with Crippen LogP contribution in [0.25, 0.3) is 0 Å². The fraction of sp³-hybridized carbons (Fsp3) is 0.500. The van der Waals surface area contributed by atoms with E-state index in [1.807, 2.05) is 12.4 Å². The highest BCUT2D eigenvalue weighted by molar-refractivity contribution is 7.09. The van der Waals surface area contributed by atoms with Gasteiger partial charge in [-0.3, -0.25) is 19.7 Å². The monoisotopic (exact) mass is 331 g/mol. The number of amides is 1. The van der Waals surface area contributed by atoms with E-state index >= 15 is 0 Å². The molecule has 1 aliphatic rings. The third-order valence-corrected chi connectivity index (χ3v) is 5.35. The maximum atomic E-state index is 13.1. The molecule has 1 unspecified atom stereocenters. The number of hydrogen-bond acceptors (Lipinski definition) is 6. The van der Waals surface area contributed by atoms with Crippen LogP contribution < -0.4 is 0 Å². The molecule has 6 nitrogen and oxygen atoms in total. The van der Waals surface area contributed by atoms with Gasteiger partial charge in [0.25, 0.3) is 0 Å². The summed E-state index contributed by atoms with van der Waals surface area (Å²) in [5.74, 6) is 0.0673. The Balaban J connectivity index is 2.03. The van der Waals surface area contributed by atoms with Crippen molar-refractivity contribution in [3.8, 4) is 0 Å². The average Bonchev–Trinajstić information content (AvgIpc) is 3.15. The van der Waals surface area contributed by atoms with E-state index in [-0.39, 0.29) is 5.91 Å². The summed E-state index contributed by atoms with van der Waals surface area (Å²) in [5.41, 5.74) is 2.90. The SMILES string of the molecule is Cc1ncsc1CN1CCCC1(C(=O)N(C)C)c1cnccn1. The first-order chi connectivity index (χ1) is 11.1. The van der Waals surface area contributed by atoms with Gasteiger partial charge in [-0.15, -0.1) is 11.3 Å². The normalized spacial score (nSPS) is 21.5. The van der Waals surface area contributed by atoms with E-state index in [9.17, 15) is 4.79 Å². The smallest absolute Gasteiger partial charge is 0.248 e. The highest BCUT2D eigenvalue weighted by Crippen LogP contribution is 2.40. The van der Waals surface area contributed by atoms with Crippen LogP contribution in [0.1, 0.15) is 29.1 Å². The van der Waals surface area contributed by atoms with Crippen molar-refractivity contribution in [3.05, 3.63) is 40.4 Å². The van der Waals surface area contributed by atoms with Gasteiger partial charge in [-0.05, 0) is 19.8 Å². The van der Waals surface area contributed by atoms with Crippen molar-refractivity contribution in [1.82, 2.24) is 24.8 Å². The molecule has 0 saturated carbocycles. The van der Waals surface area contributed by atoms with Crippen molar-refractivity contribution in [2.24, 2.45) is 0 Å². The van der Waals surface area contributed by atoms with Crippen LogP contribution in [0.4, 0.5) is 0 Å². The number of nitrogens with zero attached hydrogens (tertiary/aromatic N) is 5. The van der Waals surface area contributed by atoms with Crippen molar-refractivity contribution >= 4 is 17.2 Å². The number of likely N-dealkylation sites (N-methyl/N-ethyl adjacent to an activating group) is 1. The van der Waals surface area contributed by atoms with E-state index in [0.717, 1.165) is 30.8 Å². The van der Waals surface area contributed by atoms with Gasteiger partial charge in [0.2, 0.25) is 5.91 Å². The maximum Gasteiger partial charge on any atom is 0.248 e. The summed E-state index contributed by atoms with van der Waals surface area (Å²) in [6, 6.07) is 0.